The molecule has 0 unspecified atom stereocenters. The third-order valence-electron chi connectivity index (χ3n) is 3.30. The maximum Gasteiger partial charge on any atom is 0.134 e. The van der Waals surface area contributed by atoms with Gasteiger partial charge in [-0.25, -0.2) is 9.97 Å². The third kappa shape index (κ3) is 1.71. The number of anilines is 2. The smallest absolute Gasteiger partial charge is 0.134 e. The van der Waals surface area contributed by atoms with E-state index in [9.17, 15) is 0 Å². The highest BCUT2D eigenvalue weighted by Crippen LogP contribution is 2.23. The fraction of sp³-hybridized carbons (Fsp3) is 0.636. The van der Waals surface area contributed by atoms with Gasteiger partial charge < -0.3 is 15.5 Å². The Hall–Kier alpha value is -1.36. The maximum atomic E-state index is 5.77. The lowest BCUT2D eigenvalue weighted by molar-refractivity contribution is 0.514. The van der Waals surface area contributed by atoms with E-state index in [1.807, 2.05) is 0 Å². The first-order valence-corrected chi connectivity index (χ1v) is 5.90. The Labute approximate surface area is 95.3 Å². The zero-order chi connectivity index (χ0) is 11.0. The molecule has 0 saturated carbocycles. The van der Waals surface area contributed by atoms with Crippen molar-refractivity contribution >= 4 is 11.6 Å². The van der Waals surface area contributed by atoms with E-state index in [1.54, 1.807) is 6.33 Å². The first-order valence-electron chi connectivity index (χ1n) is 5.90. The summed E-state index contributed by atoms with van der Waals surface area (Å²) in [7, 11) is 0. The van der Waals surface area contributed by atoms with E-state index in [2.05, 4.69) is 25.8 Å². The average Bonchev–Trinajstić information content (AvgIpc) is 2.78. The van der Waals surface area contributed by atoms with E-state index >= 15 is 0 Å². The molecule has 0 amide bonds. The number of rotatable bonds is 2. The van der Waals surface area contributed by atoms with Gasteiger partial charge in [0.1, 0.15) is 18.0 Å². The summed E-state index contributed by atoms with van der Waals surface area (Å²) in [4.78, 5) is 13.2. The number of nitrogens with zero attached hydrogens (tertiary/aromatic N) is 4. The van der Waals surface area contributed by atoms with E-state index in [0.29, 0.717) is 6.04 Å². The maximum absolute atomic E-state index is 5.77. The highest BCUT2D eigenvalue weighted by Gasteiger charge is 2.25. The molecule has 16 heavy (non-hydrogen) atoms. The van der Waals surface area contributed by atoms with Gasteiger partial charge in [0.15, 0.2) is 0 Å². The topological polar surface area (TPSA) is 58.3 Å². The minimum Gasteiger partial charge on any atom is -0.356 e. The Bertz CT molecular complexity index is 368. The van der Waals surface area contributed by atoms with Gasteiger partial charge in [0.25, 0.3) is 0 Å². The summed E-state index contributed by atoms with van der Waals surface area (Å²) >= 11 is 0. The molecule has 1 aromatic heterocycles. The molecule has 5 nitrogen and oxygen atoms in total. The normalized spacial score (nSPS) is 21.3. The van der Waals surface area contributed by atoms with Crippen molar-refractivity contribution in [3.05, 3.63) is 12.4 Å². The lowest BCUT2D eigenvalue weighted by Gasteiger charge is -2.38. The van der Waals surface area contributed by atoms with Crippen LogP contribution in [0.1, 0.15) is 12.8 Å². The van der Waals surface area contributed by atoms with Gasteiger partial charge in [0.05, 0.1) is 0 Å². The van der Waals surface area contributed by atoms with Gasteiger partial charge in [-0.2, -0.15) is 0 Å². The second-order valence-electron chi connectivity index (χ2n) is 4.59. The molecular weight excluding hydrogens is 202 g/mol. The molecule has 0 aromatic carbocycles. The molecule has 0 aliphatic carbocycles. The molecule has 5 heteroatoms. The van der Waals surface area contributed by atoms with Gasteiger partial charge >= 0.3 is 0 Å². The van der Waals surface area contributed by atoms with Crippen LogP contribution >= 0.6 is 0 Å². The van der Waals surface area contributed by atoms with Crippen LogP contribution < -0.4 is 15.5 Å². The number of hydrogen-bond donors (Lipinski definition) is 1. The monoisotopic (exact) mass is 219 g/mol. The molecule has 2 saturated heterocycles. The first-order chi connectivity index (χ1) is 7.83. The quantitative estimate of drug-likeness (QED) is 0.771. The van der Waals surface area contributed by atoms with Crippen molar-refractivity contribution < 1.29 is 0 Å². The summed E-state index contributed by atoms with van der Waals surface area (Å²) in [5.41, 5.74) is 5.77. The zero-order valence-electron chi connectivity index (χ0n) is 9.34. The summed E-state index contributed by atoms with van der Waals surface area (Å²) in [5.74, 6) is 2.07. The minimum atomic E-state index is 0.310. The van der Waals surface area contributed by atoms with E-state index in [0.717, 1.165) is 37.8 Å². The molecular formula is C11H17N5. The standard InChI is InChI=1S/C11H17N5/c12-9-6-16(7-9)11-5-10(13-8-14-11)15-3-1-2-4-15/h5,8-9H,1-4,6-7,12H2. The molecule has 2 aliphatic rings. The van der Waals surface area contributed by atoms with Crippen molar-refractivity contribution in [2.24, 2.45) is 5.73 Å². The lowest BCUT2D eigenvalue weighted by Crippen LogP contribution is -2.56. The molecule has 0 bridgehead atoms. The molecule has 0 spiro atoms. The highest BCUT2D eigenvalue weighted by molar-refractivity contribution is 5.52. The van der Waals surface area contributed by atoms with Crippen LogP contribution in [-0.4, -0.2) is 42.2 Å². The van der Waals surface area contributed by atoms with Crippen LogP contribution in [0.5, 0.6) is 0 Å². The van der Waals surface area contributed by atoms with E-state index < -0.39 is 0 Å². The predicted molar refractivity (Wildman–Crippen MR) is 63.7 cm³/mol. The Kier molecular flexibility index (Phi) is 2.40. The van der Waals surface area contributed by atoms with Gasteiger partial charge in [-0.1, -0.05) is 0 Å². The molecule has 2 fully saturated rings. The van der Waals surface area contributed by atoms with Crippen LogP contribution in [0, 0.1) is 0 Å². The molecule has 1 aromatic rings. The van der Waals surface area contributed by atoms with E-state index in [4.69, 9.17) is 5.73 Å². The van der Waals surface area contributed by atoms with Crippen LogP contribution in [0.3, 0.4) is 0 Å². The van der Waals surface area contributed by atoms with Crippen molar-refractivity contribution in [3.63, 3.8) is 0 Å². The number of aromatic nitrogens is 2. The summed E-state index contributed by atoms with van der Waals surface area (Å²) < 4.78 is 0. The Morgan fingerprint density at radius 3 is 2.31 bits per heavy atom. The van der Waals surface area contributed by atoms with Gasteiger partial charge in [-0.3, -0.25) is 0 Å². The molecule has 0 atom stereocenters. The fourth-order valence-corrected chi connectivity index (χ4v) is 2.33. The van der Waals surface area contributed by atoms with Crippen molar-refractivity contribution in [3.8, 4) is 0 Å². The minimum absolute atomic E-state index is 0.310. The number of nitrogens with two attached hydrogens (primary N) is 1. The lowest BCUT2D eigenvalue weighted by atomic mass is 10.1. The van der Waals surface area contributed by atoms with Gasteiger partial charge in [0, 0.05) is 38.3 Å². The van der Waals surface area contributed by atoms with Crippen LogP contribution in [0.4, 0.5) is 11.6 Å². The molecule has 3 heterocycles. The van der Waals surface area contributed by atoms with Crippen molar-refractivity contribution in [1.82, 2.24) is 9.97 Å². The summed E-state index contributed by atoms with van der Waals surface area (Å²) in [6.07, 6.45) is 4.20. The summed E-state index contributed by atoms with van der Waals surface area (Å²) in [6.45, 7) is 4.07. The molecule has 3 rings (SSSR count). The molecule has 0 radical (unpaired) electrons. The fourth-order valence-electron chi connectivity index (χ4n) is 2.33. The van der Waals surface area contributed by atoms with Crippen molar-refractivity contribution in [1.29, 1.82) is 0 Å². The SMILES string of the molecule is NC1CN(c2cc(N3CCCC3)ncn2)C1. The van der Waals surface area contributed by atoms with E-state index in [-0.39, 0.29) is 0 Å². The van der Waals surface area contributed by atoms with Crippen molar-refractivity contribution in [2.45, 2.75) is 18.9 Å². The van der Waals surface area contributed by atoms with Crippen molar-refractivity contribution in [2.75, 3.05) is 36.0 Å². The van der Waals surface area contributed by atoms with Crippen LogP contribution in [0.15, 0.2) is 12.4 Å². The predicted octanol–water partition coefficient (Wildman–Crippen LogP) is 0.224. The zero-order valence-corrected chi connectivity index (χ0v) is 9.34. The third-order valence-corrected chi connectivity index (χ3v) is 3.30. The Balaban J connectivity index is 1.77. The first kappa shape index (κ1) is 9.84. The highest BCUT2D eigenvalue weighted by atomic mass is 15.3. The molecule has 86 valence electrons. The summed E-state index contributed by atoms with van der Waals surface area (Å²) in [5, 5.41) is 0. The second kappa shape index (κ2) is 3.90. The molecule has 2 aliphatic heterocycles. The van der Waals surface area contributed by atoms with Crippen LogP contribution in [0.2, 0.25) is 0 Å². The Morgan fingerprint density at radius 1 is 1.06 bits per heavy atom. The summed E-state index contributed by atoms with van der Waals surface area (Å²) in [6, 6.07) is 2.39. The van der Waals surface area contributed by atoms with Gasteiger partial charge in [-0.15, -0.1) is 0 Å². The van der Waals surface area contributed by atoms with Crippen LogP contribution in [0.25, 0.3) is 0 Å². The second-order valence-corrected chi connectivity index (χ2v) is 4.59. The van der Waals surface area contributed by atoms with Gasteiger partial charge in [-0.05, 0) is 12.8 Å². The van der Waals surface area contributed by atoms with Crippen LogP contribution in [-0.2, 0) is 0 Å². The average molecular weight is 219 g/mol. The largest absolute Gasteiger partial charge is 0.356 e. The van der Waals surface area contributed by atoms with E-state index in [1.165, 1.54) is 12.8 Å². The van der Waals surface area contributed by atoms with Gasteiger partial charge in [0.2, 0.25) is 0 Å². The Morgan fingerprint density at radius 2 is 1.69 bits per heavy atom. The number of hydrogen-bond acceptors (Lipinski definition) is 5. The molecule has 2 N–H and O–H groups in total.